The highest BCUT2D eigenvalue weighted by atomic mass is 32.2. The predicted molar refractivity (Wildman–Crippen MR) is 86.3 cm³/mol. The number of aromatic nitrogens is 3. The Balaban J connectivity index is 1.41. The Morgan fingerprint density at radius 2 is 1.96 bits per heavy atom. The molecule has 0 aromatic carbocycles. The van der Waals surface area contributed by atoms with Gasteiger partial charge in [-0.1, -0.05) is 5.21 Å². The number of rotatable bonds is 3. The summed E-state index contributed by atoms with van der Waals surface area (Å²) in [5, 5.41) is 8.36. The van der Waals surface area contributed by atoms with E-state index < -0.39 is 22.1 Å². The molecule has 2 aliphatic heterocycles. The van der Waals surface area contributed by atoms with E-state index in [1.165, 1.54) is 0 Å². The van der Waals surface area contributed by atoms with Crippen molar-refractivity contribution in [2.45, 2.75) is 31.2 Å². The molecule has 25 heavy (non-hydrogen) atoms. The van der Waals surface area contributed by atoms with Crippen LogP contribution < -0.4 is 0 Å². The monoisotopic (exact) mass is 368 g/mol. The lowest BCUT2D eigenvalue weighted by atomic mass is 10.2. The van der Waals surface area contributed by atoms with Crippen molar-refractivity contribution in [3.05, 3.63) is 11.9 Å². The van der Waals surface area contributed by atoms with Gasteiger partial charge in [-0.05, 0) is 19.3 Å². The molecule has 3 heterocycles. The smallest absolute Gasteiger partial charge is 0.322 e. The molecule has 1 aromatic heterocycles. The fourth-order valence-corrected chi connectivity index (χ4v) is 4.13. The summed E-state index contributed by atoms with van der Waals surface area (Å²) in [7, 11) is -3.65. The fraction of sp³-hybridized carbons (Fsp3) is 0.714. The summed E-state index contributed by atoms with van der Waals surface area (Å²) < 4.78 is 25.7. The fourth-order valence-electron chi connectivity index (χ4n) is 3.34. The number of urea groups is 2. The molecule has 3 aliphatic rings. The third-order valence-electron chi connectivity index (χ3n) is 4.93. The van der Waals surface area contributed by atoms with E-state index in [2.05, 4.69) is 10.3 Å². The van der Waals surface area contributed by atoms with E-state index >= 15 is 0 Å². The van der Waals surface area contributed by atoms with Crippen molar-refractivity contribution in [3.63, 3.8) is 0 Å². The summed E-state index contributed by atoms with van der Waals surface area (Å²) in [6.07, 6.45) is 5.95. The number of sulfonamides is 1. The van der Waals surface area contributed by atoms with Gasteiger partial charge in [0.1, 0.15) is 0 Å². The Morgan fingerprint density at radius 1 is 1.20 bits per heavy atom. The number of hydrogen-bond acceptors (Lipinski definition) is 6. The predicted octanol–water partition coefficient (Wildman–Crippen LogP) is 0.220. The highest BCUT2D eigenvalue weighted by Crippen LogP contribution is 2.39. The number of imide groups is 1. The molecule has 2 saturated heterocycles. The van der Waals surface area contributed by atoms with E-state index in [-0.39, 0.29) is 19.1 Å². The first-order valence-corrected chi connectivity index (χ1v) is 10.2. The number of carbonyl (C=O) groups excluding carboxylic acids is 2. The van der Waals surface area contributed by atoms with Crippen molar-refractivity contribution >= 4 is 22.1 Å². The Bertz CT molecular complexity index is 817. The lowest BCUT2D eigenvalue weighted by Crippen LogP contribution is -2.45. The second kappa shape index (κ2) is 5.68. The van der Waals surface area contributed by atoms with Gasteiger partial charge >= 0.3 is 12.1 Å². The van der Waals surface area contributed by atoms with Gasteiger partial charge in [0.2, 0.25) is 10.0 Å². The van der Waals surface area contributed by atoms with Crippen molar-refractivity contribution in [1.82, 2.24) is 29.1 Å². The molecule has 4 amide bonds. The topological polar surface area (TPSA) is 109 Å². The molecular weight excluding hydrogens is 348 g/mol. The summed E-state index contributed by atoms with van der Waals surface area (Å²) in [4.78, 5) is 27.4. The van der Waals surface area contributed by atoms with E-state index in [1.807, 2.05) is 6.20 Å². The Labute approximate surface area is 145 Å². The molecule has 0 bridgehead atoms. The zero-order valence-electron chi connectivity index (χ0n) is 13.9. The highest BCUT2D eigenvalue weighted by molar-refractivity contribution is 7.88. The molecule has 3 fully saturated rings. The van der Waals surface area contributed by atoms with Crippen LogP contribution in [-0.2, 0) is 10.0 Å². The Hall–Kier alpha value is -2.17. The lowest BCUT2D eigenvalue weighted by molar-refractivity contribution is 0.168. The second-order valence-electron chi connectivity index (χ2n) is 6.84. The third-order valence-corrected chi connectivity index (χ3v) is 6.07. The maximum Gasteiger partial charge on any atom is 0.341 e. The SMILES string of the molecule is CS(=O)(=O)N1CCN(C(=O)N2CC[C@@H](n3cc(C4CC4)nn3)C2)C1=O. The Kier molecular flexibility index (Phi) is 3.71. The zero-order chi connectivity index (χ0) is 17.8. The van der Waals surface area contributed by atoms with Crippen molar-refractivity contribution in [2.75, 3.05) is 32.4 Å². The molecule has 1 saturated carbocycles. The highest BCUT2D eigenvalue weighted by Gasteiger charge is 2.41. The summed E-state index contributed by atoms with van der Waals surface area (Å²) in [6.45, 7) is 1.04. The van der Waals surface area contributed by atoms with Crippen LogP contribution in [0, 0.1) is 0 Å². The van der Waals surface area contributed by atoms with Crippen LogP contribution in [0.2, 0.25) is 0 Å². The van der Waals surface area contributed by atoms with E-state index in [1.54, 1.807) is 9.58 Å². The largest absolute Gasteiger partial charge is 0.341 e. The Morgan fingerprint density at radius 3 is 2.60 bits per heavy atom. The van der Waals surface area contributed by atoms with Crippen LogP contribution in [-0.4, -0.2) is 82.0 Å². The molecule has 10 nitrogen and oxygen atoms in total. The third kappa shape index (κ3) is 2.96. The van der Waals surface area contributed by atoms with Crippen LogP contribution >= 0.6 is 0 Å². The molecular formula is C14H20N6O4S. The van der Waals surface area contributed by atoms with E-state index in [9.17, 15) is 18.0 Å². The molecule has 11 heteroatoms. The van der Waals surface area contributed by atoms with Crippen molar-refractivity contribution in [2.24, 2.45) is 0 Å². The summed E-state index contributed by atoms with van der Waals surface area (Å²) in [5.74, 6) is 0.525. The van der Waals surface area contributed by atoms with Crippen LogP contribution in [0.5, 0.6) is 0 Å². The van der Waals surface area contributed by atoms with E-state index in [0.717, 1.165) is 40.4 Å². The first-order valence-electron chi connectivity index (χ1n) is 8.34. The average molecular weight is 368 g/mol. The molecule has 0 radical (unpaired) electrons. The zero-order valence-corrected chi connectivity index (χ0v) is 14.7. The van der Waals surface area contributed by atoms with Gasteiger partial charge in [0.25, 0.3) is 0 Å². The van der Waals surface area contributed by atoms with Crippen LogP contribution in [0.3, 0.4) is 0 Å². The minimum Gasteiger partial charge on any atom is -0.322 e. The van der Waals surface area contributed by atoms with Crippen LogP contribution in [0.1, 0.15) is 36.9 Å². The van der Waals surface area contributed by atoms with Gasteiger partial charge < -0.3 is 4.90 Å². The first kappa shape index (κ1) is 16.3. The number of amides is 4. The molecule has 0 N–H and O–H groups in total. The maximum absolute atomic E-state index is 12.6. The van der Waals surface area contributed by atoms with Crippen LogP contribution in [0.4, 0.5) is 9.59 Å². The maximum atomic E-state index is 12.6. The summed E-state index contributed by atoms with van der Waals surface area (Å²) >= 11 is 0. The molecule has 0 unspecified atom stereocenters. The minimum absolute atomic E-state index is 0.00843. The number of hydrogen-bond donors (Lipinski definition) is 0. The van der Waals surface area contributed by atoms with E-state index in [0.29, 0.717) is 19.0 Å². The minimum atomic E-state index is -3.65. The van der Waals surface area contributed by atoms with Gasteiger partial charge in [0.15, 0.2) is 0 Å². The average Bonchev–Trinajstić information content (AvgIpc) is 2.99. The lowest BCUT2D eigenvalue weighted by Gasteiger charge is -2.22. The van der Waals surface area contributed by atoms with E-state index in [4.69, 9.17) is 0 Å². The van der Waals surface area contributed by atoms with Gasteiger partial charge in [0, 0.05) is 25.2 Å². The quantitative estimate of drug-likeness (QED) is 0.755. The van der Waals surface area contributed by atoms with Crippen LogP contribution in [0.25, 0.3) is 0 Å². The van der Waals surface area contributed by atoms with Gasteiger partial charge in [-0.15, -0.1) is 5.10 Å². The molecule has 0 spiro atoms. The van der Waals surface area contributed by atoms with Crippen molar-refractivity contribution in [1.29, 1.82) is 0 Å². The molecule has 1 aliphatic carbocycles. The van der Waals surface area contributed by atoms with Crippen LogP contribution in [0.15, 0.2) is 6.20 Å². The van der Waals surface area contributed by atoms with Gasteiger partial charge in [-0.25, -0.2) is 31.9 Å². The van der Waals surface area contributed by atoms with Gasteiger partial charge in [-0.2, -0.15) is 0 Å². The number of carbonyl (C=O) groups is 2. The second-order valence-corrected chi connectivity index (χ2v) is 8.74. The number of likely N-dealkylation sites (tertiary alicyclic amines) is 1. The first-order chi connectivity index (χ1) is 11.8. The summed E-state index contributed by atoms with van der Waals surface area (Å²) in [6, 6.07) is -1.18. The molecule has 1 atom stereocenters. The van der Waals surface area contributed by atoms with Crippen molar-refractivity contribution in [3.8, 4) is 0 Å². The molecule has 4 rings (SSSR count). The standard InChI is InChI=1S/C14H20N6O4S/c1-25(23,24)20-7-6-18(14(20)22)13(21)17-5-4-11(8-17)19-9-12(15-16-19)10-2-3-10/h9-11H,2-8H2,1H3/t11-/m1/s1. The normalized spacial score (nSPS) is 24.4. The number of nitrogens with zero attached hydrogens (tertiary/aromatic N) is 6. The summed E-state index contributed by atoms with van der Waals surface area (Å²) in [5.41, 5.74) is 1.00. The van der Waals surface area contributed by atoms with Crippen molar-refractivity contribution < 1.29 is 18.0 Å². The van der Waals surface area contributed by atoms with Gasteiger partial charge in [0.05, 0.1) is 31.1 Å². The molecule has 136 valence electrons. The van der Waals surface area contributed by atoms with Gasteiger partial charge in [-0.3, -0.25) is 0 Å². The molecule has 1 aromatic rings.